The van der Waals surface area contributed by atoms with E-state index in [4.69, 9.17) is 0 Å². The maximum atomic E-state index is 4.50. The Morgan fingerprint density at radius 1 is 1.43 bits per heavy atom. The largest absolute Gasteiger partial charge is 0.308 e. The summed E-state index contributed by atoms with van der Waals surface area (Å²) in [6, 6.07) is 2.85. The second kappa shape index (κ2) is 5.40. The summed E-state index contributed by atoms with van der Waals surface area (Å²) in [5, 5.41) is 8.36. The zero-order chi connectivity index (χ0) is 15.2. The molecule has 4 nitrogen and oxygen atoms in total. The minimum absolute atomic E-state index is 0.305. The molecule has 2 heterocycles. The number of hydrogen-bond donors (Lipinski definition) is 1. The molecule has 0 aromatic carbocycles. The van der Waals surface area contributed by atoms with Crippen molar-refractivity contribution < 1.29 is 0 Å². The summed E-state index contributed by atoms with van der Waals surface area (Å²) >= 11 is 0. The van der Waals surface area contributed by atoms with Crippen LogP contribution in [-0.4, -0.2) is 39.4 Å². The highest BCUT2D eigenvalue weighted by Gasteiger charge is 2.46. The summed E-state index contributed by atoms with van der Waals surface area (Å²) in [6.07, 6.45) is 2.79. The van der Waals surface area contributed by atoms with E-state index in [1.807, 2.05) is 4.68 Å². The van der Waals surface area contributed by atoms with Crippen molar-refractivity contribution in [2.45, 2.75) is 58.7 Å². The molecule has 1 saturated heterocycles. The Hall–Kier alpha value is -0.870. The normalized spacial score (nSPS) is 31.0. The maximum absolute atomic E-state index is 4.50. The van der Waals surface area contributed by atoms with Gasteiger partial charge in [-0.05, 0) is 44.6 Å². The van der Waals surface area contributed by atoms with Crippen molar-refractivity contribution in [2.75, 3.05) is 13.1 Å². The zero-order valence-electron chi connectivity index (χ0n) is 14.2. The van der Waals surface area contributed by atoms with Gasteiger partial charge in [-0.25, -0.2) is 0 Å². The molecule has 1 saturated carbocycles. The average Bonchev–Trinajstić information content (AvgIpc) is 3.18. The van der Waals surface area contributed by atoms with Gasteiger partial charge >= 0.3 is 0 Å². The molecule has 0 bridgehead atoms. The molecule has 1 N–H and O–H groups in total. The molecule has 1 aliphatic heterocycles. The molecule has 3 rings (SSSR count). The van der Waals surface area contributed by atoms with Gasteiger partial charge in [-0.15, -0.1) is 0 Å². The number of hydrogen-bond acceptors (Lipinski definition) is 3. The number of rotatable bonds is 4. The topological polar surface area (TPSA) is 33.1 Å². The number of aryl methyl sites for hydroxylation is 2. The van der Waals surface area contributed by atoms with E-state index in [-0.39, 0.29) is 0 Å². The lowest BCUT2D eigenvalue weighted by molar-refractivity contribution is 0.0444. The summed E-state index contributed by atoms with van der Waals surface area (Å²) in [5.74, 6) is 1.55. The van der Waals surface area contributed by atoms with Gasteiger partial charge in [-0.3, -0.25) is 9.58 Å². The molecule has 0 amide bonds. The average molecular weight is 290 g/mol. The number of nitrogens with one attached hydrogen (secondary N) is 1. The van der Waals surface area contributed by atoms with Gasteiger partial charge in [-0.1, -0.05) is 13.8 Å². The van der Waals surface area contributed by atoms with Crippen molar-refractivity contribution in [1.82, 2.24) is 20.0 Å². The van der Waals surface area contributed by atoms with E-state index in [1.165, 1.54) is 18.5 Å². The van der Waals surface area contributed by atoms with Crippen molar-refractivity contribution in [2.24, 2.45) is 18.9 Å². The van der Waals surface area contributed by atoms with Crippen molar-refractivity contribution in [1.29, 1.82) is 0 Å². The van der Waals surface area contributed by atoms with Crippen molar-refractivity contribution in [3.8, 4) is 0 Å². The molecule has 118 valence electrons. The summed E-state index contributed by atoms with van der Waals surface area (Å²) in [5.41, 5.74) is 2.76. The van der Waals surface area contributed by atoms with Crippen LogP contribution in [-0.2, 0) is 13.6 Å². The minimum Gasteiger partial charge on any atom is -0.308 e. The number of piperazine rings is 1. The minimum atomic E-state index is 0.305. The Morgan fingerprint density at radius 3 is 2.67 bits per heavy atom. The molecule has 4 heteroatoms. The molecular weight excluding hydrogens is 260 g/mol. The predicted octanol–water partition coefficient (Wildman–Crippen LogP) is 2.33. The standard InChI is InChI=1S/C17H30N4/c1-12(2)16-9-18-17(4,14-6-7-14)11-21(16)10-15-8-13(3)19-20(15)5/h8,12,14,16,18H,6-7,9-11H2,1-5H3. The highest BCUT2D eigenvalue weighted by atomic mass is 15.3. The molecule has 0 radical (unpaired) electrons. The second-order valence-corrected chi connectivity index (χ2v) is 7.69. The molecule has 2 fully saturated rings. The van der Waals surface area contributed by atoms with Crippen LogP contribution in [0.1, 0.15) is 45.0 Å². The third-order valence-electron chi connectivity index (χ3n) is 5.43. The van der Waals surface area contributed by atoms with Crippen LogP contribution < -0.4 is 5.32 Å². The smallest absolute Gasteiger partial charge is 0.0597 e. The second-order valence-electron chi connectivity index (χ2n) is 7.69. The fraction of sp³-hybridized carbons (Fsp3) is 0.824. The summed E-state index contributed by atoms with van der Waals surface area (Å²) in [6.45, 7) is 12.5. The van der Waals surface area contributed by atoms with Gasteiger partial charge in [0.1, 0.15) is 0 Å². The third kappa shape index (κ3) is 3.02. The van der Waals surface area contributed by atoms with Crippen molar-refractivity contribution >= 4 is 0 Å². The number of nitrogens with zero attached hydrogens (tertiary/aromatic N) is 3. The fourth-order valence-electron chi connectivity index (χ4n) is 3.91. The van der Waals surface area contributed by atoms with Crippen molar-refractivity contribution in [3.63, 3.8) is 0 Å². The van der Waals surface area contributed by atoms with Gasteiger partial charge < -0.3 is 5.32 Å². The van der Waals surface area contributed by atoms with Gasteiger partial charge in [0.2, 0.25) is 0 Å². The SMILES string of the molecule is Cc1cc(CN2CC(C)(C3CC3)NCC2C(C)C)n(C)n1. The Morgan fingerprint density at radius 2 is 2.14 bits per heavy atom. The van der Waals surface area contributed by atoms with Gasteiger partial charge in [0, 0.05) is 38.3 Å². The van der Waals surface area contributed by atoms with Gasteiger partial charge in [-0.2, -0.15) is 5.10 Å². The van der Waals surface area contributed by atoms with E-state index in [0.29, 0.717) is 17.5 Å². The highest BCUT2D eigenvalue weighted by Crippen LogP contribution is 2.42. The van der Waals surface area contributed by atoms with E-state index in [1.54, 1.807) is 0 Å². The lowest BCUT2D eigenvalue weighted by Gasteiger charge is -2.48. The predicted molar refractivity (Wildman–Crippen MR) is 86.1 cm³/mol. The molecular formula is C17H30N4. The summed E-state index contributed by atoms with van der Waals surface area (Å²) < 4.78 is 2.04. The van der Waals surface area contributed by atoms with E-state index in [9.17, 15) is 0 Å². The van der Waals surface area contributed by atoms with E-state index in [0.717, 1.165) is 31.2 Å². The molecule has 1 aromatic heterocycles. The van der Waals surface area contributed by atoms with Crippen LogP contribution in [0.15, 0.2) is 6.07 Å². The first-order valence-electron chi connectivity index (χ1n) is 8.37. The van der Waals surface area contributed by atoms with Crippen LogP contribution in [0.25, 0.3) is 0 Å². The van der Waals surface area contributed by atoms with Crippen molar-refractivity contribution in [3.05, 3.63) is 17.5 Å². The first-order chi connectivity index (χ1) is 9.89. The monoisotopic (exact) mass is 290 g/mol. The van der Waals surface area contributed by atoms with E-state index in [2.05, 4.69) is 56.1 Å². The maximum Gasteiger partial charge on any atom is 0.0597 e. The lowest BCUT2D eigenvalue weighted by atomic mass is 9.88. The van der Waals surface area contributed by atoms with E-state index >= 15 is 0 Å². The van der Waals surface area contributed by atoms with Crippen LogP contribution in [0, 0.1) is 18.8 Å². The third-order valence-corrected chi connectivity index (χ3v) is 5.43. The Labute approximate surface area is 128 Å². The Bertz CT molecular complexity index is 503. The molecule has 2 atom stereocenters. The van der Waals surface area contributed by atoms with Crippen LogP contribution in [0.5, 0.6) is 0 Å². The molecule has 1 aromatic rings. The Balaban J connectivity index is 1.78. The molecule has 1 aliphatic carbocycles. The molecule has 2 unspecified atom stereocenters. The molecule has 2 aliphatic rings. The Kier molecular flexibility index (Phi) is 3.87. The number of aromatic nitrogens is 2. The van der Waals surface area contributed by atoms with Crippen LogP contribution in [0.3, 0.4) is 0 Å². The molecule has 21 heavy (non-hydrogen) atoms. The first-order valence-corrected chi connectivity index (χ1v) is 8.37. The lowest BCUT2D eigenvalue weighted by Crippen LogP contribution is -2.64. The van der Waals surface area contributed by atoms with Crippen LogP contribution in [0.4, 0.5) is 0 Å². The van der Waals surface area contributed by atoms with Gasteiger partial charge in [0.05, 0.1) is 11.4 Å². The zero-order valence-corrected chi connectivity index (χ0v) is 14.2. The summed E-state index contributed by atoms with van der Waals surface area (Å²) in [4.78, 5) is 2.69. The summed E-state index contributed by atoms with van der Waals surface area (Å²) in [7, 11) is 2.06. The first kappa shape index (κ1) is 15.0. The van der Waals surface area contributed by atoms with E-state index < -0.39 is 0 Å². The quantitative estimate of drug-likeness (QED) is 0.924. The van der Waals surface area contributed by atoms with Gasteiger partial charge in [0.25, 0.3) is 0 Å². The van der Waals surface area contributed by atoms with Crippen LogP contribution >= 0.6 is 0 Å². The fourth-order valence-corrected chi connectivity index (χ4v) is 3.91. The highest BCUT2D eigenvalue weighted by molar-refractivity contribution is 5.11. The van der Waals surface area contributed by atoms with Crippen LogP contribution in [0.2, 0.25) is 0 Å². The molecule has 0 spiro atoms. The van der Waals surface area contributed by atoms with Gasteiger partial charge in [0.15, 0.2) is 0 Å².